The van der Waals surface area contributed by atoms with Crippen molar-refractivity contribution in [3.05, 3.63) is 12.2 Å². The van der Waals surface area contributed by atoms with Crippen LogP contribution in [-0.4, -0.2) is 29.8 Å². The lowest BCUT2D eigenvalue weighted by Crippen LogP contribution is -2.51. The molecular formula is C17H30N2O2. The zero-order valence-electron chi connectivity index (χ0n) is 13.7. The lowest BCUT2D eigenvalue weighted by atomic mass is 9.73. The summed E-state index contributed by atoms with van der Waals surface area (Å²) in [6.07, 6.45) is 7.64. The quantitative estimate of drug-likeness (QED) is 0.683. The number of rotatable bonds is 5. The van der Waals surface area contributed by atoms with Gasteiger partial charge in [-0.3, -0.25) is 0 Å². The summed E-state index contributed by atoms with van der Waals surface area (Å²) in [6.45, 7) is 8.45. The average molecular weight is 294 g/mol. The summed E-state index contributed by atoms with van der Waals surface area (Å²) in [5.74, 6) is 1.32. The number of amides is 2. The van der Waals surface area contributed by atoms with Crippen molar-refractivity contribution in [2.75, 3.05) is 6.54 Å². The Kier molecular flexibility index (Phi) is 4.97. The first-order valence-corrected chi connectivity index (χ1v) is 8.20. The molecule has 120 valence electrons. The Morgan fingerprint density at radius 1 is 1.33 bits per heavy atom. The van der Waals surface area contributed by atoms with Crippen LogP contribution in [0.4, 0.5) is 4.79 Å². The van der Waals surface area contributed by atoms with Gasteiger partial charge in [0.25, 0.3) is 0 Å². The van der Waals surface area contributed by atoms with Crippen LogP contribution in [0.3, 0.4) is 0 Å². The third-order valence-corrected chi connectivity index (χ3v) is 5.03. The largest absolute Gasteiger partial charge is 0.392 e. The molecule has 0 aromatic heterocycles. The lowest BCUT2D eigenvalue weighted by Gasteiger charge is -2.38. The Bertz CT molecular complexity index is 404. The predicted molar refractivity (Wildman–Crippen MR) is 84.9 cm³/mol. The SMILES string of the molecule is CC(C)C(O)C(C)(C)CNC(=O)NC1CC2C=CC1CC2. The van der Waals surface area contributed by atoms with Gasteiger partial charge in [-0.15, -0.1) is 0 Å². The van der Waals surface area contributed by atoms with E-state index in [0.29, 0.717) is 18.4 Å². The van der Waals surface area contributed by atoms with Crippen LogP contribution in [0.5, 0.6) is 0 Å². The van der Waals surface area contributed by atoms with Crippen LogP contribution >= 0.6 is 0 Å². The van der Waals surface area contributed by atoms with Gasteiger partial charge in [-0.2, -0.15) is 0 Å². The minimum absolute atomic E-state index is 0.106. The van der Waals surface area contributed by atoms with E-state index >= 15 is 0 Å². The van der Waals surface area contributed by atoms with Gasteiger partial charge >= 0.3 is 6.03 Å². The van der Waals surface area contributed by atoms with Gasteiger partial charge in [0.15, 0.2) is 0 Å². The minimum Gasteiger partial charge on any atom is -0.392 e. The summed E-state index contributed by atoms with van der Waals surface area (Å²) in [5, 5.41) is 16.2. The van der Waals surface area contributed by atoms with Crippen LogP contribution in [0.15, 0.2) is 12.2 Å². The molecule has 3 aliphatic carbocycles. The van der Waals surface area contributed by atoms with Gasteiger partial charge < -0.3 is 15.7 Å². The number of nitrogens with one attached hydrogen (secondary N) is 2. The molecule has 3 aliphatic rings. The molecule has 4 atom stereocenters. The molecule has 0 spiro atoms. The fourth-order valence-corrected chi connectivity index (χ4v) is 3.63. The number of aliphatic hydroxyl groups is 1. The minimum atomic E-state index is -0.425. The number of fused-ring (bicyclic) bond motifs is 2. The summed E-state index contributed by atoms with van der Waals surface area (Å²) in [7, 11) is 0. The Morgan fingerprint density at radius 2 is 2.05 bits per heavy atom. The first kappa shape index (κ1) is 16.3. The zero-order chi connectivity index (χ0) is 15.6. The third kappa shape index (κ3) is 4.00. The van der Waals surface area contributed by atoms with Crippen LogP contribution in [0, 0.1) is 23.2 Å². The third-order valence-electron chi connectivity index (χ3n) is 5.03. The second kappa shape index (κ2) is 6.39. The maximum Gasteiger partial charge on any atom is 0.315 e. The van der Waals surface area contributed by atoms with Crippen molar-refractivity contribution < 1.29 is 9.90 Å². The second-order valence-electron chi connectivity index (χ2n) is 7.73. The highest BCUT2D eigenvalue weighted by Crippen LogP contribution is 2.36. The van der Waals surface area contributed by atoms with Crippen molar-refractivity contribution in [3.8, 4) is 0 Å². The molecule has 1 saturated carbocycles. The molecular weight excluding hydrogens is 264 g/mol. The van der Waals surface area contributed by atoms with Crippen molar-refractivity contribution in [2.45, 2.75) is 59.1 Å². The topological polar surface area (TPSA) is 61.4 Å². The van der Waals surface area contributed by atoms with Gasteiger partial charge in [-0.05, 0) is 37.0 Å². The molecule has 3 N–H and O–H groups in total. The molecule has 0 radical (unpaired) electrons. The predicted octanol–water partition coefficient (Wildman–Crippen LogP) is 2.68. The average Bonchev–Trinajstić information content (AvgIpc) is 2.45. The number of hydrogen-bond donors (Lipinski definition) is 3. The standard InChI is InChI=1S/C17H30N2O2/c1-11(2)15(20)17(3,4)10-18-16(21)19-14-9-12-5-7-13(14)8-6-12/h5,7,11-15,20H,6,8-10H2,1-4H3,(H2,18,19,21). The molecule has 0 aromatic carbocycles. The van der Waals surface area contributed by atoms with Gasteiger partial charge in [0.05, 0.1) is 6.10 Å². The molecule has 0 heterocycles. The van der Waals surface area contributed by atoms with E-state index < -0.39 is 6.10 Å². The van der Waals surface area contributed by atoms with Crippen molar-refractivity contribution >= 4 is 6.03 Å². The molecule has 2 bridgehead atoms. The second-order valence-corrected chi connectivity index (χ2v) is 7.73. The van der Waals surface area contributed by atoms with Crippen LogP contribution in [-0.2, 0) is 0 Å². The number of aliphatic hydroxyl groups excluding tert-OH is 1. The van der Waals surface area contributed by atoms with Crippen LogP contribution in [0.1, 0.15) is 47.0 Å². The maximum atomic E-state index is 12.1. The molecule has 4 heteroatoms. The normalized spacial score (nSPS) is 29.5. The van der Waals surface area contributed by atoms with E-state index in [0.717, 1.165) is 6.42 Å². The van der Waals surface area contributed by atoms with Gasteiger partial charge in [-0.1, -0.05) is 39.8 Å². The first-order chi connectivity index (χ1) is 9.79. The number of carbonyl (C=O) groups excluding carboxylic acids is 1. The van der Waals surface area contributed by atoms with Crippen LogP contribution in [0.2, 0.25) is 0 Å². The van der Waals surface area contributed by atoms with Crippen LogP contribution in [0.25, 0.3) is 0 Å². The summed E-state index contributed by atoms with van der Waals surface area (Å²) in [4.78, 5) is 12.1. The monoisotopic (exact) mass is 294 g/mol. The van der Waals surface area contributed by atoms with E-state index in [2.05, 4.69) is 22.8 Å². The smallest absolute Gasteiger partial charge is 0.315 e. The fourth-order valence-electron chi connectivity index (χ4n) is 3.63. The van der Waals surface area contributed by atoms with E-state index in [9.17, 15) is 9.90 Å². The number of allylic oxidation sites excluding steroid dienone is 1. The molecule has 0 saturated heterocycles. The van der Waals surface area contributed by atoms with Crippen molar-refractivity contribution in [2.24, 2.45) is 23.2 Å². The van der Waals surface area contributed by atoms with Gasteiger partial charge in [0.1, 0.15) is 0 Å². The molecule has 2 amide bonds. The highest BCUT2D eigenvalue weighted by atomic mass is 16.3. The van der Waals surface area contributed by atoms with E-state index in [1.165, 1.54) is 12.8 Å². The summed E-state index contributed by atoms with van der Waals surface area (Å²) in [6, 6.07) is 0.164. The first-order valence-electron chi connectivity index (χ1n) is 8.20. The summed E-state index contributed by atoms with van der Waals surface area (Å²) in [5.41, 5.74) is -0.322. The Labute approximate surface area is 128 Å². The van der Waals surface area contributed by atoms with E-state index in [4.69, 9.17) is 0 Å². The van der Waals surface area contributed by atoms with Gasteiger partial charge in [-0.25, -0.2) is 4.79 Å². The fraction of sp³-hybridized carbons (Fsp3) is 0.824. The Balaban J connectivity index is 1.79. The Morgan fingerprint density at radius 3 is 2.52 bits per heavy atom. The van der Waals surface area contributed by atoms with Gasteiger partial charge in [0.2, 0.25) is 0 Å². The van der Waals surface area contributed by atoms with E-state index in [-0.39, 0.29) is 23.4 Å². The van der Waals surface area contributed by atoms with Crippen molar-refractivity contribution in [3.63, 3.8) is 0 Å². The van der Waals surface area contributed by atoms with Crippen molar-refractivity contribution in [1.29, 1.82) is 0 Å². The molecule has 21 heavy (non-hydrogen) atoms. The van der Waals surface area contributed by atoms with E-state index in [1.807, 2.05) is 27.7 Å². The maximum absolute atomic E-state index is 12.1. The Hall–Kier alpha value is -1.03. The highest BCUT2D eigenvalue weighted by molar-refractivity contribution is 5.74. The summed E-state index contributed by atoms with van der Waals surface area (Å²) >= 11 is 0. The number of carbonyl (C=O) groups is 1. The molecule has 3 rings (SSSR count). The van der Waals surface area contributed by atoms with Crippen molar-refractivity contribution in [1.82, 2.24) is 10.6 Å². The number of hydrogen-bond acceptors (Lipinski definition) is 2. The van der Waals surface area contributed by atoms with E-state index in [1.54, 1.807) is 0 Å². The van der Waals surface area contributed by atoms with Gasteiger partial charge in [0, 0.05) is 18.0 Å². The lowest BCUT2D eigenvalue weighted by molar-refractivity contribution is 0.0150. The molecule has 0 aromatic rings. The molecule has 1 fully saturated rings. The highest BCUT2D eigenvalue weighted by Gasteiger charge is 2.34. The molecule has 4 unspecified atom stereocenters. The van der Waals surface area contributed by atoms with Crippen LogP contribution < -0.4 is 10.6 Å². The zero-order valence-corrected chi connectivity index (χ0v) is 13.7. The number of urea groups is 1. The summed E-state index contributed by atoms with van der Waals surface area (Å²) < 4.78 is 0. The molecule has 4 nitrogen and oxygen atoms in total. The molecule has 0 aliphatic heterocycles.